The molecule has 26 heavy (non-hydrogen) atoms. The van der Waals surface area contributed by atoms with Crippen molar-refractivity contribution in [1.82, 2.24) is 14.6 Å². The molecule has 0 amide bonds. The Morgan fingerprint density at radius 1 is 1.35 bits per heavy atom. The van der Waals surface area contributed by atoms with Crippen molar-refractivity contribution in [3.63, 3.8) is 0 Å². The van der Waals surface area contributed by atoms with Gasteiger partial charge in [0.1, 0.15) is 5.75 Å². The number of fused-ring (bicyclic) bond motifs is 1. The first kappa shape index (κ1) is 17.0. The van der Waals surface area contributed by atoms with Crippen LogP contribution in [-0.2, 0) is 11.8 Å². The van der Waals surface area contributed by atoms with Gasteiger partial charge in [0.05, 0.1) is 7.11 Å². The molecular formula is C19H22N4O2S. The van der Waals surface area contributed by atoms with Crippen LogP contribution in [-0.4, -0.2) is 28.3 Å². The normalized spacial score (nSPS) is 15.6. The van der Waals surface area contributed by atoms with Crippen LogP contribution in [0.1, 0.15) is 37.4 Å². The zero-order chi connectivity index (χ0) is 18.1. The Morgan fingerprint density at radius 3 is 2.85 bits per heavy atom. The predicted octanol–water partition coefficient (Wildman–Crippen LogP) is 3.26. The maximum absolute atomic E-state index is 12.2. The SMILES string of the molecule is CCc1cc(=O)n2nc(NCC3(c4ccccc4OC)CCC3)sc2n1. The molecule has 0 atom stereocenters. The molecule has 4 rings (SSSR count). The lowest BCUT2D eigenvalue weighted by atomic mass is 9.64. The zero-order valence-corrected chi connectivity index (χ0v) is 15.8. The molecule has 1 aromatic carbocycles. The molecule has 6 nitrogen and oxygen atoms in total. The fourth-order valence-electron chi connectivity index (χ4n) is 3.58. The number of aryl methyl sites for hydroxylation is 1. The van der Waals surface area contributed by atoms with Crippen LogP contribution in [0.3, 0.4) is 0 Å². The molecule has 0 radical (unpaired) electrons. The van der Waals surface area contributed by atoms with Crippen molar-refractivity contribution >= 4 is 21.4 Å². The van der Waals surface area contributed by atoms with Gasteiger partial charge in [-0.25, -0.2) is 4.98 Å². The predicted molar refractivity (Wildman–Crippen MR) is 104 cm³/mol. The molecule has 0 unspecified atom stereocenters. The highest BCUT2D eigenvalue weighted by atomic mass is 32.1. The Labute approximate surface area is 155 Å². The van der Waals surface area contributed by atoms with E-state index >= 15 is 0 Å². The quantitative estimate of drug-likeness (QED) is 0.721. The van der Waals surface area contributed by atoms with E-state index in [9.17, 15) is 4.79 Å². The number of methoxy groups -OCH3 is 1. The van der Waals surface area contributed by atoms with Gasteiger partial charge in [0, 0.05) is 29.3 Å². The highest BCUT2D eigenvalue weighted by Crippen LogP contribution is 2.47. The smallest absolute Gasteiger partial charge is 0.275 e. The number of rotatable bonds is 6. The number of nitrogens with one attached hydrogen (secondary N) is 1. The van der Waals surface area contributed by atoms with Crippen molar-refractivity contribution < 1.29 is 4.74 Å². The summed E-state index contributed by atoms with van der Waals surface area (Å²) in [6.07, 6.45) is 4.18. The summed E-state index contributed by atoms with van der Waals surface area (Å²) in [5.41, 5.74) is 1.97. The molecule has 0 aliphatic heterocycles. The van der Waals surface area contributed by atoms with Crippen molar-refractivity contribution in [2.24, 2.45) is 0 Å². The van der Waals surface area contributed by atoms with E-state index in [2.05, 4.69) is 27.5 Å². The number of anilines is 1. The van der Waals surface area contributed by atoms with Gasteiger partial charge in [0.25, 0.3) is 5.56 Å². The van der Waals surface area contributed by atoms with Crippen LogP contribution in [0.5, 0.6) is 5.75 Å². The minimum absolute atomic E-state index is 0.0530. The van der Waals surface area contributed by atoms with Crippen LogP contribution < -0.4 is 15.6 Å². The molecule has 0 spiro atoms. The molecule has 2 heterocycles. The van der Waals surface area contributed by atoms with Crippen LogP contribution in [0.2, 0.25) is 0 Å². The molecule has 0 saturated heterocycles. The second kappa shape index (κ2) is 6.72. The van der Waals surface area contributed by atoms with Gasteiger partial charge in [-0.3, -0.25) is 4.79 Å². The summed E-state index contributed by atoms with van der Waals surface area (Å²) in [4.78, 5) is 17.3. The molecule has 7 heteroatoms. The molecule has 0 bridgehead atoms. The Morgan fingerprint density at radius 2 is 2.15 bits per heavy atom. The number of nitrogens with zero attached hydrogens (tertiary/aromatic N) is 3. The molecule has 1 aliphatic rings. The highest BCUT2D eigenvalue weighted by molar-refractivity contribution is 7.20. The molecule has 1 saturated carbocycles. The van der Waals surface area contributed by atoms with E-state index in [4.69, 9.17) is 4.74 Å². The largest absolute Gasteiger partial charge is 0.496 e. The summed E-state index contributed by atoms with van der Waals surface area (Å²) in [5.74, 6) is 0.934. The standard InChI is InChI=1S/C19H22N4O2S/c1-3-13-11-16(24)23-18(21-13)26-17(22-23)20-12-19(9-6-10-19)14-7-4-5-8-15(14)25-2/h4-5,7-8,11H,3,6,9-10,12H2,1-2H3,(H,20,22). The average molecular weight is 370 g/mol. The van der Waals surface area contributed by atoms with Crippen molar-refractivity contribution in [3.05, 3.63) is 51.9 Å². The fraction of sp³-hybridized carbons (Fsp3) is 0.421. The molecule has 1 aliphatic carbocycles. The van der Waals surface area contributed by atoms with Gasteiger partial charge in [-0.2, -0.15) is 4.52 Å². The summed E-state index contributed by atoms with van der Waals surface area (Å²) in [6.45, 7) is 2.76. The van der Waals surface area contributed by atoms with Gasteiger partial charge in [0.15, 0.2) is 0 Å². The summed E-state index contributed by atoms with van der Waals surface area (Å²) < 4.78 is 6.95. The van der Waals surface area contributed by atoms with Crippen molar-refractivity contribution in [2.75, 3.05) is 19.0 Å². The lowest BCUT2D eigenvalue weighted by molar-refractivity contribution is 0.250. The van der Waals surface area contributed by atoms with Crippen molar-refractivity contribution in [2.45, 2.75) is 38.0 Å². The summed E-state index contributed by atoms with van der Waals surface area (Å²) in [6, 6.07) is 9.78. The maximum Gasteiger partial charge on any atom is 0.275 e. The first-order chi connectivity index (χ1) is 12.6. The van der Waals surface area contributed by atoms with Crippen LogP contribution in [0, 0.1) is 0 Å². The van der Waals surface area contributed by atoms with E-state index in [0.717, 1.165) is 42.4 Å². The first-order valence-electron chi connectivity index (χ1n) is 8.92. The Hall–Kier alpha value is -2.41. The van der Waals surface area contributed by atoms with Crippen LogP contribution >= 0.6 is 11.3 Å². The number of hydrogen-bond acceptors (Lipinski definition) is 6. The van der Waals surface area contributed by atoms with Crippen molar-refractivity contribution in [3.8, 4) is 5.75 Å². The first-order valence-corrected chi connectivity index (χ1v) is 9.74. The minimum atomic E-state index is -0.126. The van der Waals surface area contributed by atoms with Gasteiger partial charge in [0.2, 0.25) is 10.1 Å². The average Bonchev–Trinajstić information content (AvgIpc) is 3.04. The summed E-state index contributed by atoms with van der Waals surface area (Å²) in [7, 11) is 1.72. The highest BCUT2D eigenvalue weighted by Gasteiger charge is 2.40. The number of aromatic nitrogens is 3. The molecular weight excluding hydrogens is 348 g/mol. The van der Waals surface area contributed by atoms with E-state index in [-0.39, 0.29) is 11.0 Å². The molecule has 2 aromatic heterocycles. The van der Waals surface area contributed by atoms with Gasteiger partial charge in [-0.15, -0.1) is 5.10 Å². The Bertz CT molecular complexity index is 991. The monoisotopic (exact) mass is 370 g/mol. The van der Waals surface area contributed by atoms with Crippen LogP contribution in [0.25, 0.3) is 4.96 Å². The van der Waals surface area contributed by atoms with Crippen molar-refractivity contribution in [1.29, 1.82) is 0 Å². The molecule has 1 fully saturated rings. The third kappa shape index (κ3) is 2.86. The fourth-order valence-corrected chi connectivity index (χ4v) is 4.40. The van der Waals surface area contributed by atoms with E-state index in [1.165, 1.54) is 27.8 Å². The lowest BCUT2D eigenvalue weighted by Crippen LogP contribution is -2.41. The summed E-state index contributed by atoms with van der Waals surface area (Å²) in [5, 5.41) is 8.57. The number of benzene rings is 1. The van der Waals surface area contributed by atoms with E-state index < -0.39 is 0 Å². The minimum Gasteiger partial charge on any atom is -0.496 e. The molecule has 1 N–H and O–H groups in total. The lowest BCUT2D eigenvalue weighted by Gasteiger charge is -2.43. The second-order valence-corrected chi connectivity index (χ2v) is 7.68. The van der Waals surface area contributed by atoms with Gasteiger partial charge in [-0.1, -0.05) is 42.9 Å². The molecule has 3 aromatic rings. The van der Waals surface area contributed by atoms with E-state index in [0.29, 0.717) is 4.96 Å². The van der Waals surface area contributed by atoms with Gasteiger partial charge in [-0.05, 0) is 25.3 Å². The number of hydrogen-bond donors (Lipinski definition) is 1. The topological polar surface area (TPSA) is 68.5 Å². The zero-order valence-electron chi connectivity index (χ0n) is 15.0. The second-order valence-electron chi connectivity index (χ2n) is 6.73. The third-order valence-corrected chi connectivity index (χ3v) is 6.09. The Kier molecular flexibility index (Phi) is 4.40. The van der Waals surface area contributed by atoms with E-state index in [1.807, 2.05) is 19.1 Å². The molecule has 136 valence electrons. The maximum atomic E-state index is 12.2. The number of ether oxygens (including phenoxy) is 1. The van der Waals surface area contributed by atoms with E-state index in [1.54, 1.807) is 13.2 Å². The van der Waals surface area contributed by atoms with Gasteiger partial charge < -0.3 is 10.1 Å². The third-order valence-electron chi connectivity index (χ3n) is 5.23. The summed E-state index contributed by atoms with van der Waals surface area (Å²) >= 11 is 1.42. The van der Waals surface area contributed by atoms with Crippen LogP contribution in [0.15, 0.2) is 35.1 Å². The van der Waals surface area contributed by atoms with Crippen LogP contribution in [0.4, 0.5) is 5.13 Å². The van der Waals surface area contributed by atoms with Gasteiger partial charge >= 0.3 is 0 Å². The Balaban J connectivity index is 1.60. The number of para-hydroxylation sites is 1.